The number of benzodiazepines with no additional fused rings is 1. The minimum atomic E-state index is -1.12. The van der Waals surface area contributed by atoms with Crippen molar-refractivity contribution in [2.75, 3.05) is 11.4 Å². The lowest BCUT2D eigenvalue weighted by atomic mass is 9.94. The van der Waals surface area contributed by atoms with E-state index >= 15 is 0 Å². The SMILES string of the molecule is CCCN1C(=O)C(NC(=O)Oc2ccc([N+](=O)[O-])cc2)N=C(C2CCCC2)c2ccccc21. The highest BCUT2D eigenvalue weighted by Gasteiger charge is 2.35. The highest BCUT2D eigenvalue weighted by Crippen LogP contribution is 2.34. The van der Waals surface area contributed by atoms with Crippen LogP contribution in [-0.4, -0.2) is 35.3 Å². The number of carbonyl (C=O) groups is 2. The lowest BCUT2D eigenvalue weighted by Gasteiger charge is -2.25. The summed E-state index contributed by atoms with van der Waals surface area (Å²) in [4.78, 5) is 42.8. The van der Waals surface area contributed by atoms with E-state index in [1.807, 2.05) is 31.2 Å². The van der Waals surface area contributed by atoms with Crippen LogP contribution >= 0.6 is 0 Å². The summed E-state index contributed by atoms with van der Waals surface area (Å²) >= 11 is 0. The van der Waals surface area contributed by atoms with Crippen molar-refractivity contribution in [3.8, 4) is 5.75 Å². The van der Waals surface area contributed by atoms with Crippen molar-refractivity contribution in [1.82, 2.24) is 5.32 Å². The molecule has 1 aliphatic carbocycles. The molecule has 1 saturated carbocycles. The number of para-hydroxylation sites is 1. The summed E-state index contributed by atoms with van der Waals surface area (Å²) in [7, 11) is 0. The third kappa shape index (κ3) is 4.87. The first kappa shape index (κ1) is 22.4. The first-order valence-corrected chi connectivity index (χ1v) is 11.2. The average molecular weight is 450 g/mol. The number of ether oxygens (including phenoxy) is 1. The molecule has 33 heavy (non-hydrogen) atoms. The number of benzene rings is 2. The molecular weight excluding hydrogens is 424 g/mol. The van der Waals surface area contributed by atoms with Gasteiger partial charge in [-0.3, -0.25) is 25.2 Å². The number of fused-ring (bicyclic) bond motifs is 1. The van der Waals surface area contributed by atoms with E-state index in [4.69, 9.17) is 9.73 Å². The summed E-state index contributed by atoms with van der Waals surface area (Å²) in [6, 6.07) is 12.9. The molecule has 2 aromatic carbocycles. The predicted molar refractivity (Wildman–Crippen MR) is 124 cm³/mol. The molecular formula is C24H26N4O5. The van der Waals surface area contributed by atoms with Gasteiger partial charge in [-0.1, -0.05) is 38.0 Å². The van der Waals surface area contributed by atoms with E-state index in [-0.39, 0.29) is 23.3 Å². The molecule has 2 aliphatic rings. The smallest absolute Gasteiger partial charge is 0.410 e. The molecule has 2 amide bonds. The van der Waals surface area contributed by atoms with Crippen LogP contribution in [0.1, 0.15) is 44.6 Å². The number of nitrogens with one attached hydrogen (secondary N) is 1. The summed E-state index contributed by atoms with van der Waals surface area (Å²) in [6.45, 7) is 2.49. The monoisotopic (exact) mass is 450 g/mol. The topological polar surface area (TPSA) is 114 Å². The standard InChI is InChI=1S/C24H26N4O5/c1-2-15-27-20-10-6-5-9-19(20)21(16-7-3-4-8-16)25-22(23(27)29)26-24(30)33-18-13-11-17(12-14-18)28(31)32/h5-6,9-14,16,22H,2-4,7-8,15H2,1H3,(H,26,30). The number of nitrogens with zero attached hydrogens (tertiary/aromatic N) is 3. The number of aliphatic imine (C=N–C) groups is 1. The van der Waals surface area contributed by atoms with Crippen molar-refractivity contribution in [3.05, 3.63) is 64.2 Å². The second-order valence-corrected chi connectivity index (χ2v) is 8.19. The van der Waals surface area contributed by atoms with Crippen LogP contribution in [0.5, 0.6) is 5.75 Å². The molecule has 9 nitrogen and oxygen atoms in total. The molecule has 4 rings (SSSR count). The van der Waals surface area contributed by atoms with Crippen LogP contribution in [0.3, 0.4) is 0 Å². The second kappa shape index (κ2) is 9.81. The van der Waals surface area contributed by atoms with Crippen LogP contribution in [0.15, 0.2) is 53.5 Å². The summed E-state index contributed by atoms with van der Waals surface area (Å²) in [6.07, 6.45) is 2.99. The van der Waals surface area contributed by atoms with E-state index < -0.39 is 17.2 Å². The molecule has 9 heteroatoms. The van der Waals surface area contributed by atoms with Gasteiger partial charge in [0.2, 0.25) is 6.17 Å². The maximum atomic E-state index is 13.4. The van der Waals surface area contributed by atoms with Gasteiger partial charge in [-0.2, -0.15) is 0 Å². The summed E-state index contributed by atoms with van der Waals surface area (Å²) < 4.78 is 5.26. The molecule has 0 spiro atoms. The minimum Gasteiger partial charge on any atom is -0.410 e. The Morgan fingerprint density at radius 1 is 1.18 bits per heavy atom. The third-order valence-electron chi connectivity index (χ3n) is 5.94. The lowest BCUT2D eigenvalue weighted by Crippen LogP contribution is -2.48. The Morgan fingerprint density at radius 3 is 2.55 bits per heavy atom. The molecule has 1 fully saturated rings. The van der Waals surface area contributed by atoms with E-state index in [2.05, 4.69) is 5.32 Å². The van der Waals surface area contributed by atoms with E-state index in [1.165, 1.54) is 24.3 Å². The lowest BCUT2D eigenvalue weighted by molar-refractivity contribution is -0.384. The summed E-state index contributed by atoms with van der Waals surface area (Å²) in [5, 5.41) is 13.4. The molecule has 172 valence electrons. The number of hydrogen-bond donors (Lipinski definition) is 1. The summed E-state index contributed by atoms with van der Waals surface area (Å²) in [5.41, 5.74) is 2.47. The van der Waals surface area contributed by atoms with Crippen LogP contribution < -0.4 is 15.0 Å². The molecule has 0 bridgehead atoms. The first-order valence-electron chi connectivity index (χ1n) is 11.2. The van der Waals surface area contributed by atoms with Gasteiger partial charge < -0.3 is 9.64 Å². The van der Waals surface area contributed by atoms with Crippen LogP contribution in [-0.2, 0) is 4.79 Å². The zero-order chi connectivity index (χ0) is 23.4. The molecule has 0 saturated heterocycles. The highest BCUT2D eigenvalue weighted by atomic mass is 16.6. The first-order chi connectivity index (χ1) is 16.0. The van der Waals surface area contributed by atoms with E-state index in [9.17, 15) is 19.7 Å². The van der Waals surface area contributed by atoms with Crippen molar-refractivity contribution >= 4 is 29.1 Å². The normalized spacial score (nSPS) is 18.3. The maximum Gasteiger partial charge on any atom is 0.414 e. The number of hydrogen-bond acceptors (Lipinski definition) is 6. The average Bonchev–Trinajstić information content (AvgIpc) is 3.31. The van der Waals surface area contributed by atoms with Crippen LogP contribution in [0.4, 0.5) is 16.2 Å². The molecule has 1 unspecified atom stereocenters. The number of amides is 2. The zero-order valence-corrected chi connectivity index (χ0v) is 18.4. The fraction of sp³-hybridized carbons (Fsp3) is 0.375. The Labute approximate surface area is 191 Å². The molecule has 0 radical (unpaired) electrons. The molecule has 2 aromatic rings. The van der Waals surface area contributed by atoms with Crippen molar-refractivity contribution in [1.29, 1.82) is 0 Å². The van der Waals surface area contributed by atoms with E-state index in [0.717, 1.165) is 49.1 Å². The van der Waals surface area contributed by atoms with Crippen LogP contribution in [0.2, 0.25) is 0 Å². The molecule has 1 N–H and O–H groups in total. The maximum absolute atomic E-state index is 13.4. The fourth-order valence-electron chi connectivity index (χ4n) is 4.41. The van der Waals surface area contributed by atoms with Crippen LogP contribution in [0.25, 0.3) is 0 Å². The van der Waals surface area contributed by atoms with Gasteiger partial charge in [0.15, 0.2) is 0 Å². The van der Waals surface area contributed by atoms with Crippen molar-refractivity contribution in [2.45, 2.75) is 45.2 Å². The van der Waals surface area contributed by atoms with Crippen LogP contribution in [0, 0.1) is 16.0 Å². The van der Waals surface area contributed by atoms with E-state index in [1.54, 1.807) is 4.90 Å². The Morgan fingerprint density at radius 2 is 1.88 bits per heavy atom. The minimum absolute atomic E-state index is 0.111. The van der Waals surface area contributed by atoms with Crippen molar-refractivity contribution < 1.29 is 19.2 Å². The van der Waals surface area contributed by atoms with Gasteiger partial charge in [-0.25, -0.2) is 4.79 Å². The van der Waals surface area contributed by atoms with Gasteiger partial charge in [0, 0.05) is 30.2 Å². The van der Waals surface area contributed by atoms with Gasteiger partial charge in [0.1, 0.15) is 5.75 Å². The van der Waals surface area contributed by atoms with Crippen molar-refractivity contribution in [3.63, 3.8) is 0 Å². The Kier molecular flexibility index (Phi) is 6.67. The number of rotatable bonds is 6. The molecule has 0 aromatic heterocycles. The number of anilines is 1. The van der Waals surface area contributed by atoms with Gasteiger partial charge >= 0.3 is 6.09 Å². The molecule has 1 atom stereocenters. The van der Waals surface area contributed by atoms with Gasteiger partial charge in [0.25, 0.3) is 11.6 Å². The quantitative estimate of drug-likeness (QED) is 0.516. The third-order valence-corrected chi connectivity index (χ3v) is 5.94. The van der Waals surface area contributed by atoms with Crippen molar-refractivity contribution in [2.24, 2.45) is 10.9 Å². The number of carbonyl (C=O) groups excluding carboxylic acids is 2. The predicted octanol–water partition coefficient (Wildman–Crippen LogP) is 4.45. The van der Waals surface area contributed by atoms with E-state index in [0.29, 0.717) is 6.54 Å². The number of non-ortho nitro benzene ring substituents is 1. The van der Waals surface area contributed by atoms with Gasteiger partial charge in [-0.05, 0) is 37.5 Å². The highest BCUT2D eigenvalue weighted by molar-refractivity contribution is 6.14. The largest absolute Gasteiger partial charge is 0.414 e. The van der Waals surface area contributed by atoms with Gasteiger partial charge in [0.05, 0.1) is 16.3 Å². The number of nitro groups is 1. The molecule has 1 heterocycles. The Balaban J connectivity index is 1.61. The van der Waals surface area contributed by atoms with Gasteiger partial charge in [-0.15, -0.1) is 0 Å². The molecule has 1 aliphatic heterocycles. The Bertz CT molecular complexity index is 1080. The fourth-order valence-corrected chi connectivity index (χ4v) is 4.41. The Hall–Kier alpha value is -3.75. The second-order valence-electron chi connectivity index (χ2n) is 8.19. The zero-order valence-electron chi connectivity index (χ0n) is 18.4. The summed E-state index contributed by atoms with van der Waals surface area (Å²) in [5.74, 6) is 0.0429. The number of nitro benzene ring substituents is 1.